The third-order valence-electron chi connectivity index (χ3n) is 3.12. The molecule has 1 aliphatic rings. The Morgan fingerprint density at radius 2 is 1.96 bits per heavy atom. The molecule has 10 heteroatoms. The summed E-state index contributed by atoms with van der Waals surface area (Å²) in [6.45, 7) is 4.72. The zero-order valence-corrected chi connectivity index (χ0v) is 14.4. The molecule has 1 N–H and O–H groups in total. The summed E-state index contributed by atoms with van der Waals surface area (Å²) in [5.41, 5.74) is 0.795. The van der Waals surface area contributed by atoms with Crippen LogP contribution in [0, 0.1) is 6.92 Å². The van der Waals surface area contributed by atoms with E-state index in [1.807, 2.05) is 13.0 Å². The van der Waals surface area contributed by atoms with Gasteiger partial charge in [0.15, 0.2) is 0 Å². The highest BCUT2D eigenvalue weighted by Crippen LogP contribution is 2.26. The number of anilines is 2. The van der Waals surface area contributed by atoms with Crippen LogP contribution in [0.4, 0.5) is 11.9 Å². The third kappa shape index (κ3) is 4.18. The van der Waals surface area contributed by atoms with Crippen LogP contribution in [0.15, 0.2) is 16.2 Å². The molecule has 1 saturated heterocycles. The maximum Gasteiger partial charge on any atom is 0.231 e. The number of halogens is 1. The van der Waals surface area contributed by atoms with Gasteiger partial charge in [-0.2, -0.15) is 15.0 Å². The lowest BCUT2D eigenvalue weighted by Gasteiger charge is -2.26. The predicted molar refractivity (Wildman–Crippen MR) is 88.3 cm³/mol. The van der Waals surface area contributed by atoms with E-state index < -0.39 is 0 Å². The van der Waals surface area contributed by atoms with Gasteiger partial charge >= 0.3 is 0 Å². The van der Waals surface area contributed by atoms with Crippen molar-refractivity contribution in [2.24, 2.45) is 0 Å². The second-order valence-corrected chi connectivity index (χ2v) is 6.14. The summed E-state index contributed by atoms with van der Waals surface area (Å²) in [7, 11) is 1.78. The van der Waals surface area contributed by atoms with Crippen molar-refractivity contribution in [2.45, 2.75) is 17.1 Å². The van der Waals surface area contributed by atoms with Crippen molar-refractivity contribution in [3.8, 4) is 0 Å². The number of aromatic nitrogens is 5. The van der Waals surface area contributed by atoms with Gasteiger partial charge in [0.2, 0.25) is 22.3 Å². The van der Waals surface area contributed by atoms with E-state index in [0.717, 1.165) is 18.8 Å². The fourth-order valence-electron chi connectivity index (χ4n) is 2.06. The number of hydrogen-bond acceptors (Lipinski definition) is 9. The first kappa shape index (κ1) is 16.2. The SMILES string of the molecule is CNc1nc(Sc2cc(C)nc(Cl)n2)nc(N2CCOCC2)n1. The fraction of sp³-hybridized carbons (Fsp3) is 0.462. The highest BCUT2D eigenvalue weighted by atomic mass is 35.5. The summed E-state index contributed by atoms with van der Waals surface area (Å²) in [6.07, 6.45) is 0. The maximum absolute atomic E-state index is 5.90. The van der Waals surface area contributed by atoms with Crippen molar-refractivity contribution in [3.05, 3.63) is 17.0 Å². The number of ether oxygens (including phenoxy) is 1. The Hall–Kier alpha value is -1.71. The van der Waals surface area contributed by atoms with E-state index in [9.17, 15) is 0 Å². The summed E-state index contributed by atoms with van der Waals surface area (Å²) >= 11 is 7.23. The van der Waals surface area contributed by atoms with Gasteiger partial charge in [-0.3, -0.25) is 0 Å². The molecular weight excluding hydrogens is 338 g/mol. The first-order valence-electron chi connectivity index (χ1n) is 7.09. The number of morpholine rings is 1. The monoisotopic (exact) mass is 353 g/mol. The molecular formula is C13H16ClN7OS. The molecule has 3 rings (SSSR count). The van der Waals surface area contributed by atoms with Crippen LogP contribution in [0.5, 0.6) is 0 Å². The number of rotatable bonds is 4. The predicted octanol–water partition coefficient (Wildman–Crippen LogP) is 1.65. The van der Waals surface area contributed by atoms with Crippen LogP contribution in [0.1, 0.15) is 5.69 Å². The first-order chi connectivity index (χ1) is 11.1. The van der Waals surface area contributed by atoms with Gasteiger partial charge < -0.3 is 15.0 Å². The normalized spacial score (nSPS) is 14.8. The molecule has 1 aliphatic heterocycles. The Labute approximate surface area is 143 Å². The second-order valence-electron chi connectivity index (χ2n) is 4.81. The van der Waals surface area contributed by atoms with E-state index in [0.29, 0.717) is 35.3 Å². The summed E-state index contributed by atoms with van der Waals surface area (Å²) in [6, 6.07) is 1.84. The van der Waals surface area contributed by atoms with Crippen molar-refractivity contribution in [1.82, 2.24) is 24.9 Å². The lowest BCUT2D eigenvalue weighted by Crippen LogP contribution is -2.37. The molecule has 3 heterocycles. The molecule has 2 aromatic rings. The Morgan fingerprint density at radius 1 is 1.17 bits per heavy atom. The highest BCUT2D eigenvalue weighted by Gasteiger charge is 2.17. The van der Waals surface area contributed by atoms with Crippen LogP contribution in [-0.2, 0) is 4.74 Å². The average Bonchev–Trinajstić information content (AvgIpc) is 2.54. The van der Waals surface area contributed by atoms with Crippen molar-refractivity contribution < 1.29 is 4.74 Å². The summed E-state index contributed by atoms with van der Waals surface area (Å²) in [5, 5.41) is 4.43. The Kier molecular flexibility index (Phi) is 5.09. The Bertz CT molecular complexity index is 676. The standard InChI is InChI=1S/C13H16ClN7OS/c1-8-7-9(17-10(14)16-8)23-13-19-11(15-2)18-12(20-13)21-3-5-22-6-4-21/h7H,3-6H2,1-2H3,(H,15,18,19,20). The Balaban J connectivity index is 1.88. The van der Waals surface area contributed by atoms with E-state index in [2.05, 4.69) is 35.1 Å². The van der Waals surface area contributed by atoms with Gasteiger partial charge in [-0.15, -0.1) is 0 Å². The molecule has 1 fully saturated rings. The number of aryl methyl sites for hydroxylation is 1. The number of hydrogen-bond donors (Lipinski definition) is 1. The van der Waals surface area contributed by atoms with Crippen molar-refractivity contribution in [2.75, 3.05) is 43.6 Å². The molecule has 0 radical (unpaired) electrons. The number of nitrogens with zero attached hydrogens (tertiary/aromatic N) is 6. The van der Waals surface area contributed by atoms with E-state index in [-0.39, 0.29) is 5.28 Å². The quantitative estimate of drug-likeness (QED) is 0.650. The average molecular weight is 354 g/mol. The van der Waals surface area contributed by atoms with Gasteiger partial charge in [-0.05, 0) is 36.4 Å². The van der Waals surface area contributed by atoms with Crippen LogP contribution in [0.2, 0.25) is 5.28 Å². The maximum atomic E-state index is 5.90. The van der Waals surface area contributed by atoms with Crippen LogP contribution < -0.4 is 10.2 Å². The van der Waals surface area contributed by atoms with Gasteiger partial charge in [-0.25, -0.2) is 9.97 Å². The fourth-order valence-corrected chi connectivity index (χ4v) is 3.14. The third-order valence-corrected chi connectivity index (χ3v) is 4.07. The van der Waals surface area contributed by atoms with E-state index in [4.69, 9.17) is 16.3 Å². The van der Waals surface area contributed by atoms with Gasteiger partial charge in [0.05, 0.1) is 13.2 Å². The van der Waals surface area contributed by atoms with Crippen molar-refractivity contribution in [1.29, 1.82) is 0 Å². The van der Waals surface area contributed by atoms with Crippen molar-refractivity contribution >= 4 is 35.3 Å². The molecule has 8 nitrogen and oxygen atoms in total. The second kappa shape index (κ2) is 7.24. The van der Waals surface area contributed by atoms with Crippen LogP contribution >= 0.6 is 23.4 Å². The van der Waals surface area contributed by atoms with Gasteiger partial charge in [0.25, 0.3) is 0 Å². The molecule has 0 atom stereocenters. The summed E-state index contributed by atoms with van der Waals surface area (Å²) < 4.78 is 5.36. The summed E-state index contributed by atoms with van der Waals surface area (Å²) in [5.74, 6) is 1.15. The largest absolute Gasteiger partial charge is 0.378 e. The molecule has 122 valence electrons. The van der Waals surface area contributed by atoms with E-state index in [1.54, 1.807) is 7.05 Å². The minimum Gasteiger partial charge on any atom is -0.378 e. The molecule has 2 aromatic heterocycles. The minimum absolute atomic E-state index is 0.212. The first-order valence-corrected chi connectivity index (χ1v) is 8.29. The summed E-state index contributed by atoms with van der Waals surface area (Å²) in [4.78, 5) is 23.6. The lowest BCUT2D eigenvalue weighted by molar-refractivity contribution is 0.122. The van der Waals surface area contributed by atoms with Gasteiger partial charge in [-0.1, -0.05) is 0 Å². The van der Waals surface area contributed by atoms with Gasteiger partial charge in [0, 0.05) is 25.8 Å². The molecule has 0 saturated carbocycles. The van der Waals surface area contributed by atoms with Crippen LogP contribution in [0.3, 0.4) is 0 Å². The smallest absolute Gasteiger partial charge is 0.231 e. The molecule has 0 aromatic carbocycles. The molecule has 0 spiro atoms. The molecule has 0 aliphatic carbocycles. The topological polar surface area (TPSA) is 89.0 Å². The van der Waals surface area contributed by atoms with Crippen LogP contribution in [-0.4, -0.2) is 58.3 Å². The molecule has 0 unspecified atom stereocenters. The van der Waals surface area contributed by atoms with Crippen molar-refractivity contribution in [3.63, 3.8) is 0 Å². The highest BCUT2D eigenvalue weighted by molar-refractivity contribution is 7.99. The molecule has 23 heavy (non-hydrogen) atoms. The van der Waals surface area contributed by atoms with Gasteiger partial charge in [0.1, 0.15) is 5.03 Å². The minimum atomic E-state index is 0.212. The molecule has 0 bridgehead atoms. The van der Waals surface area contributed by atoms with Crippen LogP contribution in [0.25, 0.3) is 0 Å². The zero-order chi connectivity index (χ0) is 16.2. The molecule has 0 amide bonds. The lowest BCUT2D eigenvalue weighted by atomic mass is 10.4. The number of nitrogens with one attached hydrogen (secondary N) is 1. The van der Waals surface area contributed by atoms with E-state index >= 15 is 0 Å². The van der Waals surface area contributed by atoms with E-state index in [1.165, 1.54) is 11.8 Å². The zero-order valence-electron chi connectivity index (χ0n) is 12.8. The Morgan fingerprint density at radius 3 is 2.65 bits per heavy atom.